The van der Waals surface area contributed by atoms with E-state index in [0.29, 0.717) is 18.9 Å². The molecule has 2 nitrogen and oxygen atoms in total. The average molecular weight is 281 g/mol. The lowest BCUT2D eigenvalue weighted by atomic mass is 10.1. The summed E-state index contributed by atoms with van der Waals surface area (Å²) in [7, 11) is 1.72. The Balaban J connectivity index is 2.43. The van der Waals surface area contributed by atoms with Crippen LogP contribution < -0.4 is 4.74 Å². The van der Waals surface area contributed by atoms with E-state index in [1.807, 2.05) is 38.1 Å². The van der Waals surface area contributed by atoms with Crippen LogP contribution in [0.2, 0.25) is 0 Å². The van der Waals surface area contributed by atoms with Crippen LogP contribution in [0.25, 0.3) is 0 Å². The molecule has 1 rings (SSSR count). The molecule has 1 aromatic rings. The van der Waals surface area contributed by atoms with Crippen LogP contribution >= 0.6 is 11.6 Å². The van der Waals surface area contributed by atoms with Crippen molar-refractivity contribution in [1.29, 1.82) is 0 Å². The average Bonchev–Trinajstić information content (AvgIpc) is 2.41. The first-order chi connectivity index (χ1) is 9.07. The standard InChI is InChI=1S/C16H21ClO2/c1-16(2,18-3)11-13-19-15-9-7-14(8-10-15)6-4-5-12-17/h7-10H,5,11-13H2,1-3H3. The largest absolute Gasteiger partial charge is 0.493 e. The summed E-state index contributed by atoms with van der Waals surface area (Å²) >= 11 is 5.57. The van der Waals surface area contributed by atoms with Gasteiger partial charge >= 0.3 is 0 Å². The normalized spacial score (nSPS) is 10.7. The smallest absolute Gasteiger partial charge is 0.119 e. The fourth-order valence-corrected chi connectivity index (χ4v) is 1.46. The van der Waals surface area contributed by atoms with Crippen molar-refractivity contribution in [1.82, 2.24) is 0 Å². The van der Waals surface area contributed by atoms with E-state index in [1.165, 1.54) is 0 Å². The third-order valence-corrected chi connectivity index (χ3v) is 3.02. The fraction of sp³-hybridized carbons (Fsp3) is 0.500. The van der Waals surface area contributed by atoms with E-state index in [4.69, 9.17) is 21.1 Å². The van der Waals surface area contributed by atoms with Gasteiger partial charge < -0.3 is 9.47 Å². The minimum absolute atomic E-state index is 0.146. The van der Waals surface area contributed by atoms with E-state index in [9.17, 15) is 0 Å². The first-order valence-electron chi connectivity index (χ1n) is 6.40. The van der Waals surface area contributed by atoms with E-state index in [0.717, 1.165) is 17.7 Å². The number of ether oxygens (including phenoxy) is 2. The summed E-state index contributed by atoms with van der Waals surface area (Å²) in [6.07, 6.45) is 1.56. The van der Waals surface area contributed by atoms with Gasteiger partial charge in [-0.05, 0) is 38.1 Å². The van der Waals surface area contributed by atoms with E-state index in [1.54, 1.807) is 7.11 Å². The highest BCUT2D eigenvalue weighted by molar-refractivity contribution is 6.18. The van der Waals surface area contributed by atoms with Crippen LogP contribution in [-0.2, 0) is 4.74 Å². The second-order valence-corrected chi connectivity index (χ2v) is 5.21. The van der Waals surface area contributed by atoms with Crippen LogP contribution in [0, 0.1) is 11.8 Å². The summed E-state index contributed by atoms with van der Waals surface area (Å²) in [4.78, 5) is 0. The zero-order valence-corrected chi connectivity index (χ0v) is 12.6. The van der Waals surface area contributed by atoms with E-state index in [2.05, 4.69) is 11.8 Å². The third-order valence-electron chi connectivity index (χ3n) is 2.83. The Morgan fingerprint density at radius 1 is 1.21 bits per heavy atom. The molecule has 0 fully saturated rings. The summed E-state index contributed by atoms with van der Waals surface area (Å²) in [6, 6.07) is 7.78. The molecule has 0 aliphatic carbocycles. The summed E-state index contributed by atoms with van der Waals surface area (Å²) in [5.41, 5.74) is 0.835. The molecule has 0 aromatic heterocycles. The van der Waals surface area contributed by atoms with Gasteiger partial charge in [-0.15, -0.1) is 11.6 Å². The molecule has 0 amide bonds. The number of hydrogen-bond donors (Lipinski definition) is 0. The van der Waals surface area contributed by atoms with Gasteiger partial charge in [-0.2, -0.15) is 0 Å². The highest BCUT2D eigenvalue weighted by Crippen LogP contribution is 2.16. The minimum atomic E-state index is -0.146. The molecule has 0 bridgehead atoms. The van der Waals surface area contributed by atoms with Crippen molar-refractivity contribution in [3.63, 3.8) is 0 Å². The molecule has 0 aliphatic rings. The Morgan fingerprint density at radius 2 is 1.89 bits per heavy atom. The van der Waals surface area contributed by atoms with E-state index in [-0.39, 0.29) is 5.60 Å². The Bertz CT molecular complexity index is 426. The molecule has 0 atom stereocenters. The molecule has 0 spiro atoms. The Kier molecular flexibility index (Phi) is 6.77. The van der Waals surface area contributed by atoms with Gasteiger partial charge in [0.2, 0.25) is 0 Å². The first kappa shape index (κ1) is 15.9. The molecule has 0 heterocycles. The summed E-state index contributed by atoms with van der Waals surface area (Å²) in [5.74, 6) is 7.48. The van der Waals surface area contributed by atoms with Crippen LogP contribution in [0.5, 0.6) is 5.75 Å². The molecule has 0 saturated heterocycles. The van der Waals surface area contributed by atoms with Crippen molar-refractivity contribution in [3.05, 3.63) is 29.8 Å². The van der Waals surface area contributed by atoms with Crippen molar-refractivity contribution >= 4 is 11.6 Å². The van der Waals surface area contributed by atoms with E-state index < -0.39 is 0 Å². The van der Waals surface area contributed by atoms with Gasteiger partial charge in [-0.25, -0.2) is 0 Å². The molecule has 0 unspecified atom stereocenters. The Morgan fingerprint density at radius 3 is 2.47 bits per heavy atom. The number of methoxy groups -OCH3 is 1. The van der Waals surface area contributed by atoms with Crippen LogP contribution in [0.15, 0.2) is 24.3 Å². The third kappa shape index (κ3) is 6.52. The minimum Gasteiger partial charge on any atom is -0.493 e. The zero-order chi connectivity index (χ0) is 14.1. The second-order valence-electron chi connectivity index (χ2n) is 4.83. The van der Waals surface area contributed by atoms with Gasteiger partial charge in [0, 0.05) is 31.4 Å². The lowest BCUT2D eigenvalue weighted by molar-refractivity contribution is 0.00546. The second kappa shape index (κ2) is 8.09. The van der Waals surface area contributed by atoms with Gasteiger partial charge in [0.05, 0.1) is 12.2 Å². The molecule has 19 heavy (non-hydrogen) atoms. The molecule has 0 radical (unpaired) electrons. The predicted molar refractivity (Wildman–Crippen MR) is 79.9 cm³/mol. The molecule has 1 aromatic carbocycles. The Hall–Kier alpha value is -1.17. The van der Waals surface area contributed by atoms with Crippen LogP contribution in [0.1, 0.15) is 32.3 Å². The molecule has 104 valence electrons. The van der Waals surface area contributed by atoms with Crippen LogP contribution in [0.4, 0.5) is 0 Å². The molecule has 0 N–H and O–H groups in total. The van der Waals surface area contributed by atoms with Gasteiger partial charge in [-0.1, -0.05) is 11.8 Å². The predicted octanol–water partition coefficient (Wildman–Crippen LogP) is 3.86. The molecule has 0 saturated carbocycles. The fourth-order valence-electron chi connectivity index (χ4n) is 1.36. The maximum absolute atomic E-state index is 5.68. The molecular formula is C16H21ClO2. The van der Waals surface area contributed by atoms with Crippen molar-refractivity contribution in [3.8, 4) is 17.6 Å². The molecule has 3 heteroatoms. The number of halogens is 1. The highest BCUT2D eigenvalue weighted by atomic mass is 35.5. The number of alkyl halides is 1. The molecule has 0 aliphatic heterocycles. The maximum Gasteiger partial charge on any atom is 0.119 e. The van der Waals surface area contributed by atoms with Crippen molar-refractivity contribution in [2.75, 3.05) is 19.6 Å². The number of benzene rings is 1. The molecular weight excluding hydrogens is 260 g/mol. The van der Waals surface area contributed by atoms with Gasteiger partial charge in [0.1, 0.15) is 5.75 Å². The van der Waals surface area contributed by atoms with Gasteiger partial charge in [0.25, 0.3) is 0 Å². The van der Waals surface area contributed by atoms with Gasteiger partial charge in [0.15, 0.2) is 0 Å². The van der Waals surface area contributed by atoms with E-state index >= 15 is 0 Å². The Labute approximate surface area is 121 Å². The summed E-state index contributed by atoms with van der Waals surface area (Å²) < 4.78 is 11.0. The highest BCUT2D eigenvalue weighted by Gasteiger charge is 2.15. The van der Waals surface area contributed by atoms with Crippen molar-refractivity contribution in [2.24, 2.45) is 0 Å². The van der Waals surface area contributed by atoms with Crippen molar-refractivity contribution in [2.45, 2.75) is 32.3 Å². The maximum atomic E-state index is 5.68. The topological polar surface area (TPSA) is 18.5 Å². The van der Waals surface area contributed by atoms with Gasteiger partial charge in [-0.3, -0.25) is 0 Å². The SMILES string of the molecule is COC(C)(C)CCOc1ccc(C#CCCCl)cc1. The lowest BCUT2D eigenvalue weighted by Gasteiger charge is -2.22. The lowest BCUT2D eigenvalue weighted by Crippen LogP contribution is -2.25. The number of rotatable bonds is 6. The summed E-state index contributed by atoms with van der Waals surface area (Å²) in [6.45, 7) is 4.73. The number of hydrogen-bond acceptors (Lipinski definition) is 2. The first-order valence-corrected chi connectivity index (χ1v) is 6.94. The zero-order valence-electron chi connectivity index (χ0n) is 11.8. The van der Waals surface area contributed by atoms with Crippen molar-refractivity contribution < 1.29 is 9.47 Å². The van der Waals surface area contributed by atoms with Crippen LogP contribution in [-0.4, -0.2) is 25.2 Å². The monoisotopic (exact) mass is 280 g/mol. The summed E-state index contributed by atoms with van der Waals surface area (Å²) in [5, 5.41) is 0. The quantitative estimate of drug-likeness (QED) is 0.582. The van der Waals surface area contributed by atoms with Crippen LogP contribution in [0.3, 0.4) is 0 Å².